The molecule has 0 spiro atoms. The van der Waals surface area contributed by atoms with Gasteiger partial charge < -0.3 is 14.1 Å². The molecule has 2 aromatic heterocycles. The van der Waals surface area contributed by atoms with E-state index in [2.05, 4.69) is 9.80 Å². The fourth-order valence-corrected chi connectivity index (χ4v) is 4.71. The standard InChI is InChI=1S/C18H22N2O3S/c1-22-17-4-6-20(18(21)13-5-8-24-12-13)16-11-19(10-15(16)17)9-14-3-2-7-23-14/h2-3,5,7-8,12,15-17H,4,6,9-11H2,1H3/t15-,16+,17+/m0/s1. The Bertz CT molecular complexity index is 671. The maximum absolute atomic E-state index is 12.9. The maximum Gasteiger partial charge on any atom is 0.255 e. The van der Waals surface area contributed by atoms with Gasteiger partial charge in [0.1, 0.15) is 5.76 Å². The molecule has 2 saturated heterocycles. The highest BCUT2D eigenvalue weighted by molar-refractivity contribution is 7.08. The van der Waals surface area contributed by atoms with Gasteiger partial charge in [0.15, 0.2) is 0 Å². The number of fused-ring (bicyclic) bond motifs is 1. The molecule has 2 aromatic rings. The zero-order valence-electron chi connectivity index (χ0n) is 13.8. The van der Waals surface area contributed by atoms with E-state index in [0.717, 1.165) is 43.9 Å². The third kappa shape index (κ3) is 2.90. The summed E-state index contributed by atoms with van der Waals surface area (Å²) in [5.41, 5.74) is 0.805. The van der Waals surface area contributed by atoms with E-state index >= 15 is 0 Å². The van der Waals surface area contributed by atoms with Crippen molar-refractivity contribution in [3.05, 3.63) is 46.5 Å². The number of rotatable bonds is 4. The zero-order valence-corrected chi connectivity index (χ0v) is 14.6. The van der Waals surface area contributed by atoms with Crippen molar-refractivity contribution in [1.82, 2.24) is 9.80 Å². The Morgan fingerprint density at radius 3 is 3.04 bits per heavy atom. The number of carbonyl (C=O) groups is 1. The Hall–Kier alpha value is -1.63. The minimum absolute atomic E-state index is 0.153. The van der Waals surface area contributed by atoms with Crippen LogP contribution >= 0.6 is 11.3 Å². The number of nitrogens with zero attached hydrogens (tertiary/aromatic N) is 2. The second kappa shape index (κ2) is 6.70. The third-order valence-corrected chi connectivity index (χ3v) is 5.92. The molecule has 2 aliphatic heterocycles. The monoisotopic (exact) mass is 346 g/mol. The highest BCUT2D eigenvalue weighted by atomic mass is 32.1. The van der Waals surface area contributed by atoms with Crippen LogP contribution in [0.4, 0.5) is 0 Å². The van der Waals surface area contributed by atoms with Gasteiger partial charge in [0.05, 0.1) is 30.5 Å². The molecule has 4 rings (SSSR count). The molecule has 2 fully saturated rings. The Morgan fingerprint density at radius 1 is 1.42 bits per heavy atom. The van der Waals surface area contributed by atoms with Crippen molar-refractivity contribution in [3.8, 4) is 0 Å². The summed E-state index contributed by atoms with van der Waals surface area (Å²) in [4.78, 5) is 17.3. The number of furan rings is 1. The van der Waals surface area contributed by atoms with Crippen LogP contribution in [0.3, 0.4) is 0 Å². The Balaban J connectivity index is 1.52. The van der Waals surface area contributed by atoms with Gasteiger partial charge in [-0.05, 0) is 30.0 Å². The van der Waals surface area contributed by atoms with Crippen LogP contribution in [0.1, 0.15) is 22.5 Å². The number of likely N-dealkylation sites (tertiary alicyclic amines) is 2. The minimum atomic E-state index is 0.153. The van der Waals surface area contributed by atoms with E-state index in [-0.39, 0.29) is 18.1 Å². The van der Waals surface area contributed by atoms with Crippen LogP contribution in [0.5, 0.6) is 0 Å². The molecule has 5 nitrogen and oxygen atoms in total. The predicted molar refractivity (Wildman–Crippen MR) is 92.0 cm³/mol. The number of thiophene rings is 1. The largest absolute Gasteiger partial charge is 0.468 e. The molecule has 24 heavy (non-hydrogen) atoms. The molecule has 2 aliphatic rings. The van der Waals surface area contributed by atoms with Gasteiger partial charge in [0.25, 0.3) is 5.91 Å². The van der Waals surface area contributed by atoms with Crippen molar-refractivity contribution in [2.75, 3.05) is 26.7 Å². The maximum atomic E-state index is 12.9. The second-order valence-electron chi connectivity index (χ2n) is 6.58. The Morgan fingerprint density at radius 2 is 2.33 bits per heavy atom. The van der Waals surface area contributed by atoms with Gasteiger partial charge in [-0.15, -0.1) is 0 Å². The van der Waals surface area contributed by atoms with Crippen LogP contribution in [0.25, 0.3) is 0 Å². The van der Waals surface area contributed by atoms with Crippen molar-refractivity contribution in [3.63, 3.8) is 0 Å². The molecule has 0 aromatic carbocycles. The fraction of sp³-hybridized carbons (Fsp3) is 0.500. The average molecular weight is 346 g/mol. The fourth-order valence-electron chi connectivity index (χ4n) is 4.08. The first-order valence-electron chi connectivity index (χ1n) is 8.37. The zero-order chi connectivity index (χ0) is 16.5. The lowest BCUT2D eigenvalue weighted by Crippen LogP contribution is -2.53. The summed E-state index contributed by atoms with van der Waals surface area (Å²) < 4.78 is 11.2. The first kappa shape index (κ1) is 15.9. The van der Waals surface area contributed by atoms with Crippen LogP contribution in [0.15, 0.2) is 39.6 Å². The number of ether oxygens (including phenoxy) is 1. The van der Waals surface area contributed by atoms with E-state index < -0.39 is 0 Å². The minimum Gasteiger partial charge on any atom is -0.468 e. The number of hydrogen-bond donors (Lipinski definition) is 0. The number of hydrogen-bond acceptors (Lipinski definition) is 5. The van der Waals surface area contributed by atoms with Gasteiger partial charge in [-0.3, -0.25) is 9.69 Å². The predicted octanol–water partition coefficient (Wildman–Crippen LogP) is 2.70. The Labute approximate surface area is 145 Å². The topological polar surface area (TPSA) is 45.9 Å². The van der Waals surface area contributed by atoms with E-state index in [1.807, 2.05) is 29.0 Å². The van der Waals surface area contributed by atoms with Gasteiger partial charge in [-0.1, -0.05) is 0 Å². The summed E-state index contributed by atoms with van der Waals surface area (Å²) in [6.07, 6.45) is 2.84. The highest BCUT2D eigenvalue weighted by Gasteiger charge is 2.46. The van der Waals surface area contributed by atoms with Crippen molar-refractivity contribution in [1.29, 1.82) is 0 Å². The number of methoxy groups -OCH3 is 1. The van der Waals surface area contributed by atoms with Gasteiger partial charge >= 0.3 is 0 Å². The van der Waals surface area contributed by atoms with Gasteiger partial charge in [-0.25, -0.2) is 0 Å². The summed E-state index contributed by atoms with van der Waals surface area (Å²) in [5, 5.41) is 3.90. The van der Waals surface area contributed by atoms with E-state index in [1.165, 1.54) is 0 Å². The third-order valence-electron chi connectivity index (χ3n) is 5.23. The van der Waals surface area contributed by atoms with E-state index in [1.54, 1.807) is 24.7 Å². The summed E-state index contributed by atoms with van der Waals surface area (Å²) >= 11 is 1.57. The number of amides is 1. The first-order chi connectivity index (χ1) is 11.8. The smallest absolute Gasteiger partial charge is 0.255 e. The SMILES string of the molecule is CO[C@@H]1CCN(C(=O)c2ccsc2)[C@@H]2CN(Cc3ccco3)C[C@@H]21. The molecular formula is C18H22N2O3S. The lowest BCUT2D eigenvalue weighted by atomic mass is 9.88. The number of piperidine rings is 1. The lowest BCUT2D eigenvalue weighted by Gasteiger charge is -2.41. The second-order valence-corrected chi connectivity index (χ2v) is 7.36. The van der Waals surface area contributed by atoms with Crippen molar-refractivity contribution >= 4 is 17.2 Å². The summed E-state index contributed by atoms with van der Waals surface area (Å²) in [6.45, 7) is 3.37. The molecule has 1 amide bonds. The van der Waals surface area contributed by atoms with Gasteiger partial charge in [0.2, 0.25) is 0 Å². The van der Waals surface area contributed by atoms with Gasteiger partial charge in [-0.2, -0.15) is 11.3 Å². The van der Waals surface area contributed by atoms with Crippen molar-refractivity contribution in [2.24, 2.45) is 5.92 Å². The van der Waals surface area contributed by atoms with Crippen molar-refractivity contribution in [2.45, 2.75) is 25.1 Å². The molecule has 0 saturated carbocycles. The molecular weight excluding hydrogens is 324 g/mol. The molecule has 0 unspecified atom stereocenters. The summed E-state index contributed by atoms with van der Waals surface area (Å²) in [7, 11) is 1.78. The van der Waals surface area contributed by atoms with E-state index in [0.29, 0.717) is 5.92 Å². The molecule has 0 radical (unpaired) electrons. The van der Waals surface area contributed by atoms with Crippen LogP contribution < -0.4 is 0 Å². The normalized spacial score (nSPS) is 27.4. The Kier molecular flexibility index (Phi) is 4.43. The lowest BCUT2D eigenvalue weighted by molar-refractivity contribution is -0.0156. The average Bonchev–Trinajstić information content (AvgIpc) is 3.34. The van der Waals surface area contributed by atoms with Crippen LogP contribution in [0.2, 0.25) is 0 Å². The number of carbonyl (C=O) groups excluding carboxylic acids is 1. The molecule has 4 heterocycles. The molecule has 0 bridgehead atoms. The molecule has 128 valence electrons. The molecule has 3 atom stereocenters. The first-order valence-corrected chi connectivity index (χ1v) is 9.31. The summed E-state index contributed by atoms with van der Waals surface area (Å²) in [5.74, 6) is 1.49. The highest BCUT2D eigenvalue weighted by Crippen LogP contribution is 2.34. The van der Waals surface area contributed by atoms with Gasteiger partial charge in [0, 0.05) is 38.0 Å². The molecule has 0 N–H and O–H groups in total. The molecule has 0 aliphatic carbocycles. The van der Waals surface area contributed by atoms with Crippen LogP contribution in [-0.4, -0.2) is 54.6 Å². The van der Waals surface area contributed by atoms with Crippen molar-refractivity contribution < 1.29 is 13.9 Å². The van der Waals surface area contributed by atoms with Crippen LogP contribution in [-0.2, 0) is 11.3 Å². The molecule has 6 heteroatoms. The van der Waals surface area contributed by atoms with E-state index in [4.69, 9.17) is 9.15 Å². The van der Waals surface area contributed by atoms with E-state index in [9.17, 15) is 4.79 Å². The summed E-state index contributed by atoms with van der Waals surface area (Å²) in [6, 6.07) is 6.05. The van der Waals surface area contributed by atoms with Crippen LogP contribution in [0, 0.1) is 5.92 Å². The quantitative estimate of drug-likeness (QED) is 0.854.